The molecule has 2 rings (SSSR count). The molecule has 1 N–H and O–H groups in total. The lowest BCUT2D eigenvalue weighted by Gasteiger charge is -2.32. The third-order valence-electron chi connectivity index (χ3n) is 3.80. The molecule has 0 radical (unpaired) electrons. The summed E-state index contributed by atoms with van der Waals surface area (Å²) in [6, 6.07) is 2.69. The van der Waals surface area contributed by atoms with Crippen molar-refractivity contribution in [1.29, 1.82) is 0 Å². The van der Waals surface area contributed by atoms with E-state index in [9.17, 15) is 0 Å². The fourth-order valence-corrected chi connectivity index (χ4v) is 3.01. The molecular formula is C15H24BrN3. The molecule has 1 aromatic rings. The molecule has 3 nitrogen and oxygen atoms in total. The monoisotopic (exact) mass is 325 g/mol. The number of rotatable bonds is 5. The van der Waals surface area contributed by atoms with E-state index in [2.05, 4.69) is 51.0 Å². The molecule has 106 valence electrons. The molecule has 1 aliphatic heterocycles. The standard InChI is InChI=1S/C15H24BrN3/c1-3-4-7-19-8-5-14(6-9-19)18-15-12(2)10-13(16)11-17-15/h10-11,14H,3-9H2,1-2H3,(H,17,18). The zero-order valence-corrected chi connectivity index (χ0v) is 13.5. The molecule has 0 unspecified atom stereocenters. The predicted octanol–water partition coefficient (Wildman–Crippen LogP) is 3.83. The number of aromatic nitrogens is 1. The van der Waals surface area contributed by atoms with Crippen LogP contribution in [0, 0.1) is 6.92 Å². The van der Waals surface area contributed by atoms with Gasteiger partial charge in [-0.3, -0.25) is 0 Å². The zero-order valence-electron chi connectivity index (χ0n) is 12.0. The van der Waals surface area contributed by atoms with Crippen LogP contribution in [-0.4, -0.2) is 35.6 Å². The summed E-state index contributed by atoms with van der Waals surface area (Å²) in [5.41, 5.74) is 1.21. The minimum absolute atomic E-state index is 0.574. The molecule has 1 aliphatic rings. The number of nitrogens with one attached hydrogen (secondary N) is 1. The smallest absolute Gasteiger partial charge is 0.129 e. The van der Waals surface area contributed by atoms with Crippen LogP contribution < -0.4 is 5.32 Å². The molecule has 2 heterocycles. The minimum atomic E-state index is 0.574. The van der Waals surface area contributed by atoms with E-state index in [1.807, 2.05) is 6.20 Å². The Bertz CT molecular complexity index is 400. The maximum atomic E-state index is 4.47. The van der Waals surface area contributed by atoms with Crippen molar-refractivity contribution in [3.05, 3.63) is 22.3 Å². The van der Waals surface area contributed by atoms with Crippen LogP contribution >= 0.6 is 15.9 Å². The van der Waals surface area contributed by atoms with E-state index < -0.39 is 0 Å². The SMILES string of the molecule is CCCCN1CCC(Nc2ncc(Br)cc2C)CC1. The summed E-state index contributed by atoms with van der Waals surface area (Å²) in [7, 11) is 0. The Labute approximate surface area is 124 Å². The van der Waals surface area contributed by atoms with E-state index in [0.29, 0.717) is 6.04 Å². The summed E-state index contributed by atoms with van der Waals surface area (Å²) in [6.45, 7) is 8.06. The predicted molar refractivity (Wildman–Crippen MR) is 84.7 cm³/mol. The lowest BCUT2D eigenvalue weighted by molar-refractivity contribution is 0.216. The Hall–Kier alpha value is -0.610. The maximum Gasteiger partial charge on any atom is 0.129 e. The van der Waals surface area contributed by atoms with E-state index in [4.69, 9.17) is 0 Å². The van der Waals surface area contributed by atoms with Crippen molar-refractivity contribution in [2.24, 2.45) is 0 Å². The number of likely N-dealkylation sites (tertiary alicyclic amines) is 1. The Morgan fingerprint density at radius 1 is 1.42 bits per heavy atom. The van der Waals surface area contributed by atoms with Crippen LogP contribution in [0.5, 0.6) is 0 Å². The van der Waals surface area contributed by atoms with Crippen molar-refractivity contribution in [3.63, 3.8) is 0 Å². The summed E-state index contributed by atoms with van der Waals surface area (Å²) in [5.74, 6) is 1.04. The van der Waals surface area contributed by atoms with Crippen LogP contribution in [-0.2, 0) is 0 Å². The van der Waals surface area contributed by atoms with Gasteiger partial charge in [0.25, 0.3) is 0 Å². The Balaban J connectivity index is 1.82. The molecule has 19 heavy (non-hydrogen) atoms. The highest BCUT2D eigenvalue weighted by Crippen LogP contribution is 2.20. The van der Waals surface area contributed by atoms with Crippen molar-refractivity contribution < 1.29 is 0 Å². The van der Waals surface area contributed by atoms with Gasteiger partial charge < -0.3 is 10.2 Å². The van der Waals surface area contributed by atoms with Crippen molar-refractivity contribution in [2.45, 2.75) is 45.6 Å². The molecule has 0 bridgehead atoms. The minimum Gasteiger partial charge on any atom is -0.367 e. The summed E-state index contributed by atoms with van der Waals surface area (Å²) < 4.78 is 1.05. The first-order valence-electron chi connectivity index (χ1n) is 7.30. The second-order valence-corrected chi connectivity index (χ2v) is 6.35. The quantitative estimate of drug-likeness (QED) is 0.891. The third kappa shape index (κ3) is 4.46. The first kappa shape index (κ1) is 14.8. The highest BCUT2D eigenvalue weighted by Gasteiger charge is 2.19. The average Bonchev–Trinajstić information content (AvgIpc) is 2.41. The molecule has 1 saturated heterocycles. The van der Waals surface area contributed by atoms with Gasteiger partial charge in [0.05, 0.1) is 0 Å². The molecular weight excluding hydrogens is 302 g/mol. The van der Waals surface area contributed by atoms with Crippen LogP contribution in [0.15, 0.2) is 16.7 Å². The second-order valence-electron chi connectivity index (χ2n) is 5.43. The first-order chi connectivity index (χ1) is 9.19. The molecule has 0 aromatic carbocycles. The zero-order chi connectivity index (χ0) is 13.7. The Morgan fingerprint density at radius 3 is 2.79 bits per heavy atom. The third-order valence-corrected chi connectivity index (χ3v) is 4.23. The molecule has 1 fully saturated rings. The number of hydrogen-bond acceptors (Lipinski definition) is 3. The average molecular weight is 326 g/mol. The van der Waals surface area contributed by atoms with Gasteiger partial charge in [0.15, 0.2) is 0 Å². The van der Waals surface area contributed by atoms with Crippen molar-refractivity contribution in [1.82, 2.24) is 9.88 Å². The van der Waals surface area contributed by atoms with Crippen LogP contribution in [0.4, 0.5) is 5.82 Å². The van der Waals surface area contributed by atoms with E-state index in [-0.39, 0.29) is 0 Å². The molecule has 4 heteroatoms. The van der Waals surface area contributed by atoms with Crippen LogP contribution in [0.25, 0.3) is 0 Å². The fraction of sp³-hybridized carbons (Fsp3) is 0.667. The molecule has 0 atom stereocenters. The van der Waals surface area contributed by atoms with E-state index >= 15 is 0 Å². The number of halogens is 1. The second kappa shape index (κ2) is 7.25. The maximum absolute atomic E-state index is 4.47. The van der Waals surface area contributed by atoms with Crippen LogP contribution in [0.2, 0.25) is 0 Å². The van der Waals surface area contributed by atoms with Gasteiger partial charge in [0.2, 0.25) is 0 Å². The lowest BCUT2D eigenvalue weighted by atomic mass is 10.0. The molecule has 0 aliphatic carbocycles. The molecule has 0 amide bonds. The van der Waals surface area contributed by atoms with Crippen LogP contribution in [0.1, 0.15) is 38.2 Å². The Kier molecular flexibility index (Phi) is 5.64. The number of anilines is 1. The number of nitrogens with zero attached hydrogens (tertiary/aromatic N) is 2. The summed E-state index contributed by atoms with van der Waals surface area (Å²) >= 11 is 3.46. The van der Waals surface area contributed by atoms with Gasteiger partial charge in [-0.25, -0.2) is 4.98 Å². The summed E-state index contributed by atoms with van der Waals surface area (Å²) in [5, 5.41) is 3.59. The fourth-order valence-electron chi connectivity index (χ4n) is 2.57. The number of hydrogen-bond donors (Lipinski definition) is 1. The van der Waals surface area contributed by atoms with Gasteiger partial charge in [-0.15, -0.1) is 0 Å². The van der Waals surface area contributed by atoms with E-state index in [0.717, 1.165) is 10.3 Å². The first-order valence-corrected chi connectivity index (χ1v) is 8.09. The van der Waals surface area contributed by atoms with E-state index in [1.165, 1.54) is 50.9 Å². The number of unbranched alkanes of at least 4 members (excludes halogenated alkanes) is 1. The molecule has 1 aromatic heterocycles. The topological polar surface area (TPSA) is 28.2 Å². The number of aryl methyl sites for hydroxylation is 1. The highest BCUT2D eigenvalue weighted by atomic mass is 79.9. The molecule has 0 spiro atoms. The van der Waals surface area contributed by atoms with E-state index in [1.54, 1.807) is 0 Å². The largest absolute Gasteiger partial charge is 0.367 e. The van der Waals surface area contributed by atoms with Gasteiger partial charge in [-0.05, 0) is 60.3 Å². The highest BCUT2D eigenvalue weighted by molar-refractivity contribution is 9.10. The van der Waals surface area contributed by atoms with Crippen molar-refractivity contribution in [3.8, 4) is 0 Å². The lowest BCUT2D eigenvalue weighted by Crippen LogP contribution is -2.39. The number of piperidine rings is 1. The van der Waals surface area contributed by atoms with Gasteiger partial charge >= 0.3 is 0 Å². The van der Waals surface area contributed by atoms with Crippen LogP contribution in [0.3, 0.4) is 0 Å². The molecule has 0 saturated carbocycles. The van der Waals surface area contributed by atoms with Crippen molar-refractivity contribution >= 4 is 21.7 Å². The van der Waals surface area contributed by atoms with Gasteiger partial charge in [-0.2, -0.15) is 0 Å². The summed E-state index contributed by atoms with van der Waals surface area (Å²) in [6.07, 6.45) is 6.93. The van der Waals surface area contributed by atoms with Gasteiger partial charge in [0, 0.05) is 29.8 Å². The van der Waals surface area contributed by atoms with Crippen molar-refractivity contribution in [2.75, 3.05) is 25.0 Å². The number of pyridine rings is 1. The van der Waals surface area contributed by atoms with Gasteiger partial charge in [-0.1, -0.05) is 13.3 Å². The van der Waals surface area contributed by atoms with Gasteiger partial charge in [0.1, 0.15) is 5.82 Å². The Morgan fingerprint density at radius 2 is 2.16 bits per heavy atom. The summed E-state index contributed by atoms with van der Waals surface area (Å²) in [4.78, 5) is 7.06. The normalized spacial score (nSPS) is 17.6.